The maximum Gasteiger partial charge on any atom is 0.355 e. The molecule has 0 N–H and O–H groups in total. The van der Waals surface area contributed by atoms with Gasteiger partial charge in [0, 0.05) is 18.6 Å². The summed E-state index contributed by atoms with van der Waals surface area (Å²) in [5.74, 6) is 0.147. The smallest absolute Gasteiger partial charge is 0.355 e. The summed E-state index contributed by atoms with van der Waals surface area (Å²) in [6, 6.07) is 10.8. The van der Waals surface area contributed by atoms with Gasteiger partial charge in [0.05, 0.1) is 18.2 Å². The Morgan fingerprint density at radius 1 is 1.35 bits per heavy atom. The van der Waals surface area contributed by atoms with Gasteiger partial charge in [-0.3, -0.25) is 0 Å². The molecular formula is C21H24N2O3. The molecule has 5 nitrogen and oxygen atoms in total. The van der Waals surface area contributed by atoms with Crippen molar-refractivity contribution in [3.8, 4) is 6.07 Å². The Morgan fingerprint density at radius 2 is 2.12 bits per heavy atom. The van der Waals surface area contributed by atoms with Gasteiger partial charge in [-0.1, -0.05) is 6.07 Å². The Bertz CT molecular complexity index is 867. The number of nitriles is 1. The Labute approximate surface area is 153 Å². The van der Waals surface area contributed by atoms with Gasteiger partial charge in [-0.05, 0) is 68.7 Å². The quantitative estimate of drug-likeness (QED) is 0.777. The number of hydrogen-bond donors (Lipinski definition) is 0. The summed E-state index contributed by atoms with van der Waals surface area (Å²) < 4.78 is 12.7. The Kier molecular flexibility index (Phi) is 4.46. The molecule has 0 atom stereocenters. The van der Waals surface area contributed by atoms with Crippen LogP contribution in [-0.4, -0.2) is 30.4 Å². The molecule has 0 bridgehead atoms. The van der Waals surface area contributed by atoms with Crippen LogP contribution in [0.5, 0.6) is 0 Å². The Morgan fingerprint density at radius 3 is 2.73 bits per heavy atom. The summed E-state index contributed by atoms with van der Waals surface area (Å²) in [6.07, 6.45) is 4.62. The molecule has 5 heteroatoms. The highest BCUT2D eigenvalue weighted by molar-refractivity contribution is 5.96. The van der Waals surface area contributed by atoms with E-state index in [1.165, 1.54) is 5.56 Å². The Hall–Kier alpha value is -2.32. The molecular weight excluding hydrogens is 328 g/mol. The van der Waals surface area contributed by atoms with Crippen LogP contribution in [0.2, 0.25) is 0 Å². The first-order valence-corrected chi connectivity index (χ1v) is 9.50. The van der Waals surface area contributed by atoms with E-state index < -0.39 is 5.54 Å². The van der Waals surface area contributed by atoms with Gasteiger partial charge in [0.25, 0.3) is 0 Å². The maximum absolute atomic E-state index is 12.6. The molecule has 1 saturated heterocycles. The van der Waals surface area contributed by atoms with Gasteiger partial charge in [-0.15, -0.1) is 0 Å². The predicted molar refractivity (Wildman–Crippen MR) is 98.1 cm³/mol. The van der Waals surface area contributed by atoms with E-state index in [1.807, 2.05) is 10.6 Å². The number of hydrogen-bond acceptors (Lipinski definition) is 4. The second kappa shape index (κ2) is 6.77. The third kappa shape index (κ3) is 2.69. The normalized spacial score (nSPS) is 19.7. The first-order valence-electron chi connectivity index (χ1n) is 9.50. The number of aromatic nitrogens is 1. The zero-order chi connectivity index (χ0) is 18.1. The van der Waals surface area contributed by atoms with Gasteiger partial charge < -0.3 is 14.0 Å². The lowest BCUT2D eigenvalue weighted by Crippen LogP contribution is -2.40. The van der Waals surface area contributed by atoms with E-state index in [9.17, 15) is 10.1 Å². The Balaban J connectivity index is 1.83. The fraction of sp³-hybridized carbons (Fsp3) is 0.524. The van der Waals surface area contributed by atoms with Crippen molar-refractivity contribution in [2.45, 2.75) is 50.5 Å². The molecule has 0 unspecified atom stereocenters. The van der Waals surface area contributed by atoms with Crippen LogP contribution in [0.3, 0.4) is 0 Å². The molecule has 136 valence electrons. The molecule has 2 fully saturated rings. The lowest BCUT2D eigenvalue weighted by molar-refractivity contribution is 0.0501. The zero-order valence-corrected chi connectivity index (χ0v) is 15.2. The monoisotopic (exact) mass is 352 g/mol. The zero-order valence-electron chi connectivity index (χ0n) is 15.2. The standard InChI is InChI=1S/C21H24N2O3/c1-2-26-20(24)19-13-17-12-16(15-6-10-25-11-7-15)4-5-18(17)23(19)21(14-22)8-3-9-21/h4-5,12-13,15H,2-3,6-11H2,1H3. The minimum Gasteiger partial charge on any atom is -0.461 e. The fourth-order valence-electron chi connectivity index (χ4n) is 4.23. The third-order valence-corrected chi connectivity index (χ3v) is 5.82. The van der Waals surface area contributed by atoms with Crippen molar-refractivity contribution in [3.05, 3.63) is 35.5 Å². The van der Waals surface area contributed by atoms with Crippen LogP contribution in [0.15, 0.2) is 24.3 Å². The molecule has 2 aromatic rings. The molecule has 0 amide bonds. The topological polar surface area (TPSA) is 64.2 Å². The molecule has 1 saturated carbocycles. The van der Waals surface area contributed by atoms with Gasteiger partial charge in [-0.25, -0.2) is 4.79 Å². The van der Waals surface area contributed by atoms with Crippen LogP contribution < -0.4 is 0 Å². The average Bonchev–Trinajstić information content (AvgIpc) is 3.02. The van der Waals surface area contributed by atoms with Crippen molar-refractivity contribution >= 4 is 16.9 Å². The first-order chi connectivity index (χ1) is 12.7. The largest absolute Gasteiger partial charge is 0.461 e. The van der Waals surface area contributed by atoms with E-state index in [0.29, 0.717) is 18.2 Å². The summed E-state index contributed by atoms with van der Waals surface area (Å²) in [6.45, 7) is 3.73. The van der Waals surface area contributed by atoms with Crippen molar-refractivity contribution in [1.29, 1.82) is 5.26 Å². The summed E-state index contributed by atoms with van der Waals surface area (Å²) in [5.41, 5.74) is 2.11. The third-order valence-electron chi connectivity index (χ3n) is 5.82. The number of rotatable bonds is 4. The number of esters is 1. The van der Waals surface area contributed by atoms with Crippen LogP contribution >= 0.6 is 0 Å². The lowest BCUT2D eigenvalue weighted by atomic mass is 9.77. The van der Waals surface area contributed by atoms with E-state index in [4.69, 9.17) is 9.47 Å². The molecule has 1 aromatic carbocycles. The predicted octanol–water partition coefficient (Wildman–Crippen LogP) is 4.11. The van der Waals surface area contributed by atoms with Crippen molar-refractivity contribution in [3.63, 3.8) is 0 Å². The molecule has 1 aliphatic carbocycles. The van der Waals surface area contributed by atoms with E-state index in [1.54, 1.807) is 6.92 Å². The van der Waals surface area contributed by atoms with E-state index in [2.05, 4.69) is 24.3 Å². The van der Waals surface area contributed by atoms with Gasteiger partial charge in [0.1, 0.15) is 11.2 Å². The fourth-order valence-corrected chi connectivity index (χ4v) is 4.23. The van der Waals surface area contributed by atoms with Gasteiger partial charge >= 0.3 is 5.97 Å². The number of fused-ring (bicyclic) bond motifs is 1. The molecule has 26 heavy (non-hydrogen) atoms. The highest BCUT2D eigenvalue weighted by Crippen LogP contribution is 2.43. The van der Waals surface area contributed by atoms with E-state index in [-0.39, 0.29) is 5.97 Å². The number of carbonyl (C=O) groups excluding carboxylic acids is 1. The van der Waals surface area contributed by atoms with Gasteiger partial charge in [0.15, 0.2) is 0 Å². The van der Waals surface area contributed by atoms with Crippen LogP contribution in [0, 0.1) is 11.3 Å². The van der Waals surface area contributed by atoms with Gasteiger partial charge in [0.2, 0.25) is 0 Å². The van der Waals surface area contributed by atoms with Crippen molar-refractivity contribution in [1.82, 2.24) is 4.57 Å². The molecule has 1 aliphatic heterocycles. The maximum atomic E-state index is 12.6. The minimum absolute atomic E-state index is 0.327. The number of nitrogens with zero attached hydrogens (tertiary/aromatic N) is 2. The number of ether oxygens (including phenoxy) is 2. The molecule has 4 rings (SSSR count). The van der Waals surface area contributed by atoms with Crippen LogP contribution in [0.25, 0.3) is 10.9 Å². The highest BCUT2D eigenvalue weighted by atomic mass is 16.5. The van der Waals surface area contributed by atoms with Crippen LogP contribution in [0.4, 0.5) is 0 Å². The number of carbonyl (C=O) groups is 1. The lowest BCUT2D eigenvalue weighted by Gasteiger charge is -2.38. The molecule has 2 aliphatic rings. The highest BCUT2D eigenvalue weighted by Gasteiger charge is 2.42. The second-order valence-electron chi connectivity index (χ2n) is 7.29. The SMILES string of the molecule is CCOC(=O)c1cc2cc(C3CCOCC3)ccc2n1C1(C#N)CCC1. The molecule has 0 spiro atoms. The first kappa shape index (κ1) is 17.1. The van der Waals surface area contributed by atoms with E-state index >= 15 is 0 Å². The summed E-state index contributed by atoms with van der Waals surface area (Å²) in [5, 5.41) is 10.8. The molecule has 1 aromatic heterocycles. The van der Waals surface area contributed by atoms with Gasteiger partial charge in [-0.2, -0.15) is 5.26 Å². The average molecular weight is 352 g/mol. The summed E-state index contributed by atoms with van der Waals surface area (Å²) in [7, 11) is 0. The number of benzene rings is 1. The van der Waals surface area contributed by atoms with E-state index in [0.717, 1.165) is 56.2 Å². The second-order valence-corrected chi connectivity index (χ2v) is 7.29. The molecule has 0 radical (unpaired) electrons. The van der Waals surface area contributed by atoms with Crippen molar-refractivity contribution < 1.29 is 14.3 Å². The minimum atomic E-state index is -0.621. The molecule has 2 heterocycles. The van der Waals surface area contributed by atoms with Crippen molar-refractivity contribution in [2.75, 3.05) is 19.8 Å². The van der Waals surface area contributed by atoms with Crippen LogP contribution in [-0.2, 0) is 15.0 Å². The van der Waals surface area contributed by atoms with Crippen LogP contribution in [0.1, 0.15) is 61.0 Å². The van der Waals surface area contributed by atoms with Crippen molar-refractivity contribution in [2.24, 2.45) is 0 Å². The summed E-state index contributed by atoms with van der Waals surface area (Å²) in [4.78, 5) is 12.6. The summed E-state index contributed by atoms with van der Waals surface area (Å²) >= 11 is 0.